The fraction of sp³-hybridized carbons (Fsp3) is 0.182. The van der Waals surface area contributed by atoms with Crippen molar-refractivity contribution in [2.75, 3.05) is 6.79 Å². The Morgan fingerprint density at radius 2 is 1.69 bits per heavy atom. The molecule has 1 aliphatic heterocycles. The number of halogens is 3. The molecule has 0 aliphatic carbocycles. The van der Waals surface area contributed by atoms with Crippen molar-refractivity contribution < 1.29 is 14.2 Å². The van der Waals surface area contributed by atoms with Gasteiger partial charge in [0.15, 0.2) is 11.5 Å². The summed E-state index contributed by atoms with van der Waals surface area (Å²) >= 11 is 15.6. The van der Waals surface area contributed by atoms with Crippen LogP contribution in [0.2, 0.25) is 10.0 Å². The minimum absolute atomic E-state index is 0.282. The number of rotatable bonds is 7. The summed E-state index contributed by atoms with van der Waals surface area (Å²) in [6.07, 6.45) is 0. The third-order valence-electron chi connectivity index (χ3n) is 4.48. The Labute approximate surface area is 187 Å². The molecule has 0 saturated carbocycles. The van der Waals surface area contributed by atoms with E-state index in [2.05, 4.69) is 27.3 Å². The Balaban J connectivity index is 1.39. The van der Waals surface area contributed by atoms with Crippen molar-refractivity contribution >= 4 is 39.1 Å². The largest absolute Gasteiger partial charge is 0.489 e. The van der Waals surface area contributed by atoms with Crippen LogP contribution in [0.5, 0.6) is 17.2 Å². The van der Waals surface area contributed by atoms with Crippen molar-refractivity contribution in [2.24, 2.45) is 0 Å². The first kappa shape index (κ1) is 20.4. The van der Waals surface area contributed by atoms with E-state index in [-0.39, 0.29) is 6.79 Å². The van der Waals surface area contributed by atoms with Crippen LogP contribution in [-0.2, 0) is 19.7 Å². The summed E-state index contributed by atoms with van der Waals surface area (Å²) in [7, 11) is 0. The summed E-state index contributed by atoms with van der Waals surface area (Å²) in [6, 6.07) is 17.4. The molecule has 7 heteroatoms. The quantitative estimate of drug-likeness (QED) is 0.415. The minimum Gasteiger partial charge on any atom is -0.489 e. The molecule has 29 heavy (non-hydrogen) atoms. The minimum atomic E-state index is 0.282. The summed E-state index contributed by atoms with van der Waals surface area (Å²) in [6.45, 7) is 2.05. The number of hydrogen-bond acceptors (Lipinski definition) is 4. The third-order valence-corrected chi connectivity index (χ3v) is 5.71. The zero-order chi connectivity index (χ0) is 20.2. The lowest BCUT2D eigenvalue weighted by Gasteiger charge is -2.13. The molecule has 3 aromatic rings. The second-order valence-corrected chi connectivity index (χ2v) is 8.31. The van der Waals surface area contributed by atoms with Gasteiger partial charge in [0.25, 0.3) is 0 Å². The maximum atomic E-state index is 6.09. The van der Waals surface area contributed by atoms with Crippen LogP contribution in [0.25, 0.3) is 0 Å². The normalized spacial score (nSPS) is 12.2. The van der Waals surface area contributed by atoms with Gasteiger partial charge in [-0.05, 0) is 53.6 Å². The Kier molecular flexibility index (Phi) is 6.50. The van der Waals surface area contributed by atoms with E-state index in [9.17, 15) is 0 Å². The van der Waals surface area contributed by atoms with Crippen LogP contribution in [0.4, 0.5) is 0 Å². The van der Waals surface area contributed by atoms with Gasteiger partial charge in [0.05, 0.1) is 10.0 Å². The van der Waals surface area contributed by atoms with Gasteiger partial charge in [-0.2, -0.15) is 0 Å². The number of hydrogen-bond donors (Lipinski definition) is 1. The number of nitrogens with one attached hydrogen (secondary N) is 1. The molecule has 0 bridgehead atoms. The molecule has 1 aliphatic rings. The van der Waals surface area contributed by atoms with E-state index < -0.39 is 0 Å². The van der Waals surface area contributed by atoms with E-state index in [1.807, 2.05) is 42.5 Å². The van der Waals surface area contributed by atoms with Gasteiger partial charge in [-0.15, -0.1) is 0 Å². The molecule has 0 radical (unpaired) electrons. The molecule has 1 N–H and O–H groups in total. The molecule has 0 aromatic heterocycles. The van der Waals surface area contributed by atoms with Gasteiger partial charge in [-0.3, -0.25) is 0 Å². The summed E-state index contributed by atoms with van der Waals surface area (Å²) in [4.78, 5) is 0. The maximum Gasteiger partial charge on any atom is 0.231 e. The van der Waals surface area contributed by atoms with Gasteiger partial charge in [-0.25, -0.2) is 0 Å². The first-order chi connectivity index (χ1) is 14.1. The van der Waals surface area contributed by atoms with Crippen molar-refractivity contribution in [1.29, 1.82) is 0 Å². The van der Waals surface area contributed by atoms with Gasteiger partial charge in [0.1, 0.15) is 12.4 Å². The average Bonchev–Trinajstić information content (AvgIpc) is 3.18. The highest BCUT2D eigenvalue weighted by Gasteiger charge is 2.13. The van der Waals surface area contributed by atoms with Crippen molar-refractivity contribution in [2.45, 2.75) is 19.7 Å². The van der Waals surface area contributed by atoms with E-state index >= 15 is 0 Å². The zero-order valence-corrected chi connectivity index (χ0v) is 18.5. The molecule has 3 aromatic carbocycles. The van der Waals surface area contributed by atoms with Crippen LogP contribution in [0.15, 0.2) is 59.1 Å². The standard InChI is InChI=1S/C22H18BrCl2NO3/c23-17-3-6-20(27-12-15-1-4-18(24)19(25)7-15)16(9-17)11-26-10-14-2-5-21-22(8-14)29-13-28-21/h1-9,26H,10-13H2. The lowest BCUT2D eigenvalue weighted by molar-refractivity contribution is 0.174. The van der Waals surface area contributed by atoms with Crippen LogP contribution in [0, 0.1) is 0 Å². The SMILES string of the molecule is Clc1ccc(COc2ccc(Br)cc2CNCc2ccc3c(c2)OCO3)cc1Cl. The second-order valence-electron chi connectivity index (χ2n) is 6.58. The molecule has 0 fully saturated rings. The van der Waals surface area contributed by atoms with Crippen molar-refractivity contribution in [1.82, 2.24) is 5.32 Å². The molecular formula is C22H18BrCl2NO3. The van der Waals surface area contributed by atoms with Crippen LogP contribution in [-0.4, -0.2) is 6.79 Å². The Morgan fingerprint density at radius 1 is 0.862 bits per heavy atom. The lowest BCUT2D eigenvalue weighted by atomic mass is 10.1. The average molecular weight is 495 g/mol. The Morgan fingerprint density at radius 3 is 2.55 bits per heavy atom. The van der Waals surface area contributed by atoms with Crippen molar-refractivity contribution in [3.05, 3.63) is 85.8 Å². The monoisotopic (exact) mass is 493 g/mol. The first-order valence-corrected chi connectivity index (χ1v) is 10.6. The summed E-state index contributed by atoms with van der Waals surface area (Å²) < 4.78 is 17.8. The van der Waals surface area contributed by atoms with Crippen LogP contribution in [0.3, 0.4) is 0 Å². The van der Waals surface area contributed by atoms with Crippen molar-refractivity contribution in [3.63, 3.8) is 0 Å². The predicted molar refractivity (Wildman–Crippen MR) is 118 cm³/mol. The fourth-order valence-electron chi connectivity index (χ4n) is 3.01. The second kappa shape index (κ2) is 9.26. The summed E-state index contributed by atoms with van der Waals surface area (Å²) in [5, 5.41) is 4.51. The van der Waals surface area contributed by atoms with E-state index in [1.165, 1.54) is 0 Å². The van der Waals surface area contributed by atoms with E-state index in [1.54, 1.807) is 6.07 Å². The van der Waals surface area contributed by atoms with Crippen LogP contribution >= 0.6 is 39.1 Å². The van der Waals surface area contributed by atoms with Gasteiger partial charge in [0, 0.05) is 23.1 Å². The molecule has 4 rings (SSSR count). The highest BCUT2D eigenvalue weighted by molar-refractivity contribution is 9.10. The van der Waals surface area contributed by atoms with Crippen LogP contribution in [0.1, 0.15) is 16.7 Å². The van der Waals surface area contributed by atoms with E-state index in [4.69, 9.17) is 37.4 Å². The smallest absolute Gasteiger partial charge is 0.231 e. The van der Waals surface area contributed by atoms with Crippen LogP contribution < -0.4 is 19.5 Å². The Hall–Kier alpha value is -1.92. The highest BCUT2D eigenvalue weighted by atomic mass is 79.9. The van der Waals surface area contributed by atoms with Gasteiger partial charge < -0.3 is 19.5 Å². The van der Waals surface area contributed by atoms with Crippen molar-refractivity contribution in [3.8, 4) is 17.2 Å². The zero-order valence-electron chi connectivity index (χ0n) is 15.4. The molecule has 0 atom stereocenters. The third kappa shape index (κ3) is 5.17. The molecule has 150 valence electrons. The first-order valence-electron chi connectivity index (χ1n) is 9.03. The molecule has 0 amide bonds. The fourth-order valence-corrected chi connectivity index (χ4v) is 3.74. The molecule has 0 unspecified atom stereocenters. The predicted octanol–water partition coefficient (Wildman–Crippen LogP) is 6.35. The molecule has 4 nitrogen and oxygen atoms in total. The van der Waals surface area contributed by atoms with Gasteiger partial charge in [-0.1, -0.05) is 51.3 Å². The molecular weight excluding hydrogens is 477 g/mol. The van der Waals surface area contributed by atoms with E-state index in [0.29, 0.717) is 29.7 Å². The summed E-state index contributed by atoms with van der Waals surface area (Å²) in [5.74, 6) is 2.40. The molecule has 0 saturated heterocycles. The summed E-state index contributed by atoms with van der Waals surface area (Å²) in [5.41, 5.74) is 3.14. The molecule has 0 spiro atoms. The van der Waals surface area contributed by atoms with Gasteiger partial charge in [0.2, 0.25) is 6.79 Å². The Bertz CT molecular complexity index is 1030. The number of fused-ring (bicyclic) bond motifs is 1. The number of benzene rings is 3. The lowest BCUT2D eigenvalue weighted by Crippen LogP contribution is -2.13. The highest BCUT2D eigenvalue weighted by Crippen LogP contribution is 2.32. The maximum absolute atomic E-state index is 6.09. The van der Waals surface area contributed by atoms with E-state index in [0.717, 1.165) is 38.4 Å². The topological polar surface area (TPSA) is 39.7 Å². The molecule has 1 heterocycles. The number of ether oxygens (including phenoxy) is 3. The van der Waals surface area contributed by atoms with Gasteiger partial charge >= 0.3 is 0 Å².